The Morgan fingerprint density at radius 2 is 2.15 bits per heavy atom. The SMILES string of the molecule is Cn1cccc1-c1nc2cccc3c2n1CCNC3=O. The van der Waals surface area contributed by atoms with E-state index in [9.17, 15) is 4.79 Å². The summed E-state index contributed by atoms with van der Waals surface area (Å²) < 4.78 is 4.18. The number of imidazole rings is 1. The predicted octanol–water partition coefficient (Wildman–Crippen LogP) is 1.79. The van der Waals surface area contributed by atoms with Gasteiger partial charge in [0.15, 0.2) is 5.82 Å². The molecule has 0 spiro atoms. The van der Waals surface area contributed by atoms with E-state index in [1.807, 2.05) is 48.1 Å². The van der Waals surface area contributed by atoms with Crippen molar-refractivity contribution in [3.8, 4) is 11.5 Å². The number of benzene rings is 1. The standard InChI is InChI=1S/C15H14N4O/c1-18-8-3-6-12(18)14-17-11-5-2-4-10-13(11)19(14)9-7-16-15(10)20/h2-6,8H,7,9H2,1H3,(H,16,20). The van der Waals surface area contributed by atoms with Crippen molar-refractivity contribution >= 4 is 16.9 Å². The Morgan fingerprint density at radius 1 is 1.25 bits per heavy atom. The highest BCUT2D eigenvalue weighted by Crippen LogP contribution is 2.28. The highest BCUT2D eigenvalue weighted by Gasteiger charge is 2.22. The zero-order valence-corrected chi connectivity index (χ0v) is 11.1. The number of aryl methyl sites for hydroxylation is 1. The lowest BCUT2D eigenvalue weighted by Crippen LogP contribution is -2.24. The van der Waals surface area contributed by atoms with Crippen molar-refractivity contribution in [2.24, 2.45) is 7.05 Å². The normalized spacial score (nSPS) is 14.3. The van der Waals surface area contributed by atoms with Crippen LogP contribution in [0.2, 0.25) is 0 Å². The Balaban J connectivity index is 2.09. The molecule has 20 heavy (non-hydrogen) atoms. The molecule has 5 nitrogen and oxygen atoms in total. The van der Waals surface area contributed by atoms with E-state index in [1.165, 1.54) is 0 Å². The Morgan fingerprint density at radius 3 is 2.95 bits per heavy atom. The van der Waals surface area contributed by atoms with E-state index in [0.29, 0.717) is 12.1 Å². The van der Waals surface area contributed by atoms with Gasteiger partial charge in [0.25, 0.3) is 5.91 Å². The molecule has 100 valence electrons. The number of nitrogens with zero attached hydrogens (tertiary/aromatic N) is 3. The third-order valence-electron chi connectivity index (χ3n) is 3.81. The van der Waals surface area contributed by atoms with Crippen LogP contribution >= 0.6 is 0 Å². The Bertz CT molecular complexity index is 828. The average molecular weight is 266 g/mol. The molecule has 0 saturated carbocycles. The zero-order valence-electron chi connectivity index (χ0n) is 11.1. The average Bonchev–Trinajstić information content (AvgIpc) is 2.97. The summed E-state index contributed by atoms with van der Waals surface area (Å²) in [5, 5.41) is 2.93. The van der Waals surface area contributed by atoms with E-state index in [4.69, 9.17) is 4.98 Å². The maximum absolute atomic E-state index is 12.1. The lowest BCUT2D eigenvalue weighted by molar-refractivity contribution is 0.0956. The molecule has 1 aliphatic heterocycles. The second-order valence-electron chi connectivity index (χ2n) is 5.02. The molecule has 0 bridgehead atoms. The summed E-state index contributed by atoms with van der Waals surface area (Å²) in [4.78, 5) is 16.8. The van der Waals surface area contributed by atoms with Crippen LogP contribution in [0.4, 0.5) is 0 Å². The van der Waals surface area contributed by atoms with Gasteiger partial charge in [-0.3, -0.25) is 4.79 Å². The molecule has 4 rings (SSSR count). The van der Waals surface area contributed by atoms with Crippen LogP contribution in [0.5, 0.6) is 0 Å². The molecule has 3 heterocycles. The second kappa shape index (κ2) is 3.96. The highest BCUT2D eigenvalue weighted by molar-refractivity contribution is 6.06. The monoisotopic (exact) mass is 266 g/mol. The maximum atomic E-state index is 12.1. The lowest BCUT2D eigenvalue weighted by Gasteiger charge is -2.07. The van der Waals surface area contributed by atoms with Gasteiger partial charge in [-0.25, -0.2) is 4.98 Å². The fourth-order valence-electron chi connectivity index (χ4n) is 2.85. The number of hydrogen-bond acceptors (Lipinski definition) is 2. The molecule has 0 saturated heterocycles. The summed E-state index contributed by atoms with van der Waals surface area (Å²) in [6, 6.07) is 9.75. The number of aromatic nitrogens is 3. The second-order valence-corrected chi connectivity index (χ2v) is 5.02. The van der Waals surface area contributed by atoms with Gasteiger partial charge in [0.05, 0.1) is 22.3 Å². The third kappa shape index (κ3) is 1.43. The Labute approximate surface area is 115 Å². The molecular formula is C15H14N4O. The van der Waals surface area contributed by atoms with Crippen molar-refractivity contribution < 1.29 is 4.79 Å². The van der Waals surface area contributed by atoms with E-state index >= 15 is 0 Å². The molecule has 0 aliphatic carbocycles. The summed E-state index contributed by atoms with van der Waals surface area (Å²) in [6.07, 6.45) is 2.00. The fourth-order valence-corrected chi connectivity index (χ4v) is 2.85. The van der Waals surface area contributed by atoms with Crippen LogP contribution in [0, 0.1) is 0 Å². The van der Waals surface area contributed by atoms with E-state index in [-0.39, 0.29) is 5.91 Å². The smallest absolute Gasteiger partial charge is 0.253 e. The van der Waals surface area contributed by atoms with E-state index in [1.54, 1.807) is 0 Å². The number of amides is 1. The fraction of sp³-hybridized carbons (Fsp3) is 0.200. The predicted molar refractivity (Wildman–Crippen MR) is 76.5 cm³/mol. The minimum atomic E-state index is -0.0207. The van der Waals surface area contributed by atoms with Crippen molar-refractivity contribution in [3.63, 3.8) is 0 Å². The summed E-state index contributed by atoms with van der Waals surface area (Å²) in [6.45, 7) is 1.36. The van der Waals surface area contributed by atoms with E-state index in [0.717, 1.165) is 29.1 Å². The Hall–Kier alpha value is -2.56. The third-order valence-corrected chi connectivity index (χ3v) is 3.81. The van der Waals surface area contributed by atoms with Gasteiger partial charge in [-0.15, -0.1) is 0 Å². The molecule has 0 atom stereocenters. The van der Waals surface area contributed by atoms with Crippen LogP contribution in [-0.2, 0) is 13.6 Å². The molecular weight excluding hydrogens is 252 g/mol. The van der Waals surface area contributed by atoms with Gasteiger partial charge in [-0.2, -0.15) is 0 Å². The molecule has 2 aromatic heterocycles. The first-order valence-electron chi connectivity index (χ1n) is 6.65. The van der Waals surface area contributed by atoms with Crippen LogP contribution in [0.3, 0.4) is 0 Å². The molecule has 1 aromatic carbocycles. The van der Waals surface area contributed by atoms with Gasteiger partial charge in [0, 0.05) is 26.3 Å². The first-order valence-corrected chi connectivity index (χ1v) is 6.65. The lowest BCUT2D eigenvalue weighted by atomic mass is 10.2. The van der Waals surface area contributed by atoms with Gasteiger partial charge in [0.2, 0.25) is 0 Å². The zero-order chi connectivity index (χ0) is 13.7. The first-order chi connectivity index (χ1) is 9.75. The Kier molecular flexibility index (Phi) is 2.24. The highest BCUT2D eigenvalue weighted by atomic mass is 16.1. The summed E-state index contributed by atoms with van der Waals surface area (Å²) in [5.41, 5.74) is 3.56. The molecule has 0 unspecified atom stereocenters. The molecule has 1 amide bonds. The summed E-state index contributed by atoms with van der Waals surface area (Å²) >= 11 is 0. The number of nitrogens with one attached hydrogen (secondary N) is 1. The van der Waals surface area contributed by atoms with E-state index in [2.05, 4.69) is 9.88 Å². The van der Waals surface area contributed by atoms with Crippen molar-refractivity contribution in [3.05, 3.63) is 42.1 Å². The topological polar surface area (TPSA) is 51.9 Å². The quantitative estimate of drug-likeness (QED) is 0.730. The number of hydrogen-bond donors (Lipinski definition) is 1. The minimum Gasteiger partial charge on any atom is -0.350 e. The molecule has 0 radical (unpaired) electrons. The summed E-state index contributed by atoms with van der Waals surface area (Å²) in [7, 11) is 2.00. The van der Waals surface area contributed by atoms with Crippen molar-refractivity contribution in [1.82, 2.24) is 19.4 Å². The number of para-hydroxylation sites is 1. The van der Waals surface area contributed by atoms with Crippen molar-refractivity contribution in [2.45, 2.75) is 6.54 Å². The molecule has 1 aliphatic rings. The van der Waals surface area contributed by atoms with Crippen LogP contribution in [0.1, 0.15) is 10.4 Å². The van der Waals surface area contributed by atoms with Crippen LogP contribution in [-0.4, -0.2) is 26.6 Å². The van der Waals surface area contributed by atoms with Crippen LogP contribution < -0.4 is 5.32 Å². The van der Waals surface area contributed by atoms with Crippen LogP contribution in [0.15, 0.2) is 36.5 Å². The van der Waals surface area contributed by atoms with E-state index < -0.39 is 0 Å². The molecule has 3 aromatic rings. The van der Waals surface area contributed by atoms with Gasteiger partial charge >= 0.3 is 0 Å². The number of carbonyl (C=O) groups is 1. The first kappa shape index (κ1) is 11.3. The summed E-state index contributed by atoms with van der Waals surface area (Å²) in [5.74, 6) is 0.893. The van der Waals surface area contributed by atoms with Crippen molar-refractivity contribution in [1.29, 1.82) is 0 Å². The van der Waals surface area contributed by atoms with Gasteiger partial charge in [-0.1, -0.05) is 6.07 Å². The van der Waals surface area contributed by atoms with Gasteiger partial charge in [-0.05, 0) is 24.3 Å². The number of rotatable bonds is 1. The minimum absolute atomic E-state index is 0.0207. The number of carbonyl (C=O) groups excluding carboxylic acids is 1. The van der Waals surface area contributed by atoms with Gasteiger partial charge < -0.3 is 14.5 Å². The van der Waals surface area contributed by atoms with Crippen LogP contribution in [0.25, 0.3) is 22.6 Å². The largest absolute Gasteiger partial charge is 0.350 e. The van der Waals surface area contributed by atoms with Crippen molar-refractivity contribution in [2.75, 3.05) is 6.54 Å². The molecule has 0 fully saturated rings. The molecule has 1 N–H and O–H groups in total. The maximum Gasteiger partial charge on any atom is 0.253 e. The molecule has 5 heteroatoms. The van der Waals surface area contributed by atoms with Gasteiger partial charge in [0.1, 0.15) is 0 Å².